The van der Waals surface area contributed by atoms with Crippen LogP contribution in [-0.4, -0.2) is 159 Å². The number of nitrogens with one attached hydrogen (secondary N) is 3. The number of anilines is 1. The molecule has 0 bridgehead atoms. The predicted octanol–water partition coefficient (Wildman–Crippen LogP) is 2.30. The molecule has 1 aromatic heterocycles. The number of rotatable bonds is 21. The van der Waals surface area contributed by atoms with Crippen molar-refractivity contribution in [3.8, 4) is 5.75 Å². The lowest BCUT2D eigenvalue weighted by Gasteiger charge is -2.36. The lowest BCUT2D eigenvalue weighted by atomic mass is 10.0. The number of piperidine rings is 1. The van der Waals surface area contributed by atoms with E-state index in [1.807, 2.05) is 47.4 Å². The molecular weight excluding hydrogens is 787 g/mol. The molecule has 61 heavy (non-hydrogen) atoms. The van der Waals surface area contributed by atoms with Crippen LogP contribution >= 0.6 is 0 Å². The molecule has 4 heterocycles. The first-order valence-electron chi connectivity index (χ1n) is 21.1. The SMILES string of the molecule is CN=C(C=C(N)c1n[nH]c2ccc(OC3(C)CC3)cc12)N1CCN(C(=O)CCOCCOCCOCCOCCNc2cccc3c2C(=O)N(C2CCC(=O)NC2=O)C3)CC1. The number of amidine groups is 1. The minimum absolute atomic E-state index is 0.0510. The average Bonchev–Trinajstić information content (AvgIpc) is 3.67. The largest absolute Gasteiger partial charge is 0.488 e. The molecule has 4 amide bonds. The van der Waals surface area contributed by atoms with Crippen LogP contribution in [0.4, 0.5) is 5.69 Å². The molecule has 1 unspecified atom stereocenters. The van der Waals surface area contributed by atoms with E-state index in [0.29, 0.717) is 128 Å². The van der Waals surface area contributed by atoms with E-state index in [9.17, 15) is 19.2 Å². The number of aromatic amines is 1. The van der Waals surface area contributed by atoms with E-state index in [1.165, 1.54) is 4.90 Å². The van der Waals surface area contributed by atoms with Crippen molar-refractivity contribution >= 4 is 51.8 Å². The molecule has 2 saturated heterocycles. The molecule has 1 atom stereocenters. The number of hydrogen-bond donors (Lipinski definition) is 4. The number of piperazine rings is 1. The maximum absolute atomic E-state index is 13.2. The van der Waals surface area contributed by atoms with Crippen molar-refractivity contribution in [1.29, 1.82) is 0 Å². The first-order valence-corrected chi connectivity index (χ1v) is 21.1. The molecule has 0 radical (unpaired) electrons. The standard InChI is InChI=1S/C43H57N9O9/c1-43(11-12-43)61-30-6-7-33-31(26-30)40(49-48-33)32(44)27-36(45-2)50-14-16-51(17-15-50)38(54)10-18-57-20-22-59-24-25-60-23-21-58-19-13-46-34-5-3-4-29-28-52(42(56)39(29)34)35-8-9-37(53)47-41(35)55/h3-7,26-27,35,46H,8-25,28,44H2,1-2H3,(H,48,49)(H,47,53,55). The highest BCUT2D eigenvalue weighted by Crippen LogP contribution is 2.40. The Balaban J connectivity index is 0.694. The first-order chi connectivity index (χ1) is 29.6. The Morgan fingerprint density at radius 3 is 2.33 bits per heavy atom. The number of nitrogens with zero attached hydrogens (tertiary/aromatic N) is 5. The zero-order chi connectivity index (χ0) is 42.8. The minimum Gasteiger partial charge on any atom is -0.488 e. The van der Waals surface area contributed by atoms with Gasteiger partial charge in [-0.25, -0.2) is 0 Å². The van der Waals surface area contributed by atoms with E-state index in [2.05, 4.69) is 37.6 Å². The van der Waals surface area contributed by atoms with E-state index in [-0.39, 0.29) is 29.7 Å². The highest BCUT2D eigenvalue weighted by molar-refractivity contribution is 6.08. The summed E-state index contributed by atoms with van der Waals surface area (Å²) >= 11 is 0. The molecular formula is C43H57N9O9. The van der Waals surface area contributed by atoms with Crippen molar-refractivity contribution in [1.82, 2.24) is 30.2 Å². The number of aliphatic imine (C=N–C) groups is 1. The van der Waals surface area contributed by atoms with Crippen LogP contribution in [0.2, 0.25) is 0 Å². The fourth-order valence-electron chi connectivity index (χ4n) is 7.63. The van der Waals surface area contributed by atoms with E-state index in [0.717, 1.165) is 40.9 Å². The predicted molar refractivity (Wildman–Crippen MR) is 227 cm³/mol. The molecule has 3 aromatic rings. The summed E-state index contributed by atoms with van der Waals surface area (Å²) < 4.78 is 28.6. The second kappa shape index (κ2) is 20.3. The second-order valence-electron chi connectivity index (χ2n) is 15.7. The summed E-state index contributed by atoms with van der Waals surface area (Å²) in [6.07, 6.45) is 4.78. The van der Waals surface area contributed by atoms with E-state index in [1.54, 1.807) is 7.05 Å². The number of ether oxygens (including phenoxy) is 5. The average molecular weight is 844 g/mol. The lowest BCUT2D eigenvalue weighted by molar-refractivity contribution is -0.137. The molecule has 328 valence electrons. The van der Waals surface area contributed by atoms with Gasteiger partial charge in [0, 0.05) is 69.9 Å². The monoisotopic (exact) mass is 843 g/mol. The van der Waals surface area contributed by atoms with E-state index >= 15 is 0 Å². The molecule has 0 spiro atoms. The summed E-state index contributed by atoms with van der Waals surface area (Å²) in [7, 11) is 1.74. The number of nitrogens with two attached hydrogens (primary N) is 1. The number of benzene rings is 2. The van der Waals surface area contributed by atoms with Crippen LogP contribution in [0.3, 0.4) is 0 Å². The van der Waals surface area contributed by atoms with E-state index in [4.69, 9.17) is 29.4 Å². The Labute approximate surface area is 355 Å². The Morgan fingerprint density at radius 2 is 1.64 bits per heavy atom. The summed E-state index contributed by atoms with van der Waals surface area (Å²) in [5, 5.41) is 14.0. The fourth-order valence-corrected chi connectivity index (χ4v) is 7.63. The number of imide groups is 1. The van der Waals surface area contributed by atoms with Gasteiger partial charge >= 0.3 is 0 Å². The summed E-state index contributed by atoms with van der Waals surface area (Å²) in [6, 6.07) is 10.8. The number of amides is 4. The molecule has 3 aliphatic heterocycles. The van der Waals surface area contributed by atoms with Gasteiger partial charge in [0.05, 0.1) is 76.1 Å². The quantitative estimate of drug-likeness (QED) is 0.0525. The third kappa shape index (κ3) is 11.2. The minimum atomic E-state index is -0.649. The molecule has 18 nitrogen and oxygen atoms in total. The number of fused-ring (bicyclic) bond motifs is 2. The topological polar surface area (TPSA) is 215 Å². The van der Waals surface area contributed by atoms with Gasteiger partial charge < -0.3 is 49.4 Å². The third-order valence-electron chi connectivity index (χ3n) is 11.3. The summed E-state index contributed by atoms with van der Waals surface area (Å²) in [4.78, 5) is 60.0. The molecule has 3 fully saturated rings. The molecule has 4 aliphatic rings. The van der Waals surface area contributed by atoms with Crippen molar-refractivity contribution < 1.29 is 42.9 Å². The van der Waals surface area contributed by atoms with Gasteiger partial charge in [0.2, 0.25) is 17.7 Å². The highest BCUT2D eigenvalue weighted by atomic mass is 16.6. The van der Waals surface area contributed by atoms with Crippen LogP contribution in [0.5, 0.6) is 5.75 Å². The van der Waals surface area contributed by atoms with Crippen LogP contribution in [0, 0.1) is 0 Å². The fraction of sp³-hybridized carbons (Fsp3) is 0.535. The first kappa shape index (κ1) is 43.5. The van der Waals surface area contributed by atoms with Crippen molar-refractivity contribution in [3.05, 3.63) is 59.3 Å². The molecule has 2 aromatic carbocycles. The lowest BCUT2D eigenvalue weighted by Crippen LogP contribution is -2.52. The van der Waals surface area contributed by atoms with Crippen LogP contribution in [0.1, 0.15) is 60.6 Å². The van der Waals surface area contributed by atoms with Crippen molar-refractivity contribution in [2.45, 2.75) is 57.2 Å². The Hall–Kier alpha value is -5.56. The smallest absolute Gasteiger partial charge is 0.257 e. The molecule has 7 rings (SSSR count). The number of aromatic nitrogens is 2. The van der Waals surface area contributed by atoms with Crippen LogP contribution in [-0.2, 0) is 39.9 Å². The maximum atomic E-state index is 13.2. The molecule has 18 heteroatoms. The summed E-state index contributed by atoms with van der Waals surface area (Å²) in [5.74, 6) is 0.636. The third-order valence-corrected chi connectivity index (χ3v) is 11.3. The number of carbonyl (C=O) groups is 4. The molecule has 1 aliphatic carbocycles. The Bertz CT molecular complexity index is 2110. The van der Waals surface area contributed by atoms with Crippen LogP contribution in [0.15, 0.2) is 47.5 Å². The Morgan fingerprint density at radius 1 is 0.951 bits per heavy atom. The maximum Gasteiger partial charge on any atom is 0.257 e. The van der Waals surface area contributed by atoms with Gasteiger partial charge in [-0.05, 0) is 56.0 Å². The number of H-pyrrole nitrogens is 1. The number of hydrogen-bond acceptors (Lipinski definition) is 13. The van der Waals surface area contributed by atoms with Gasteiger partial charge in [-0.3, -0.25) is 34.6 Å². The highest BCUT2D eigenvalue weighted by Gasteiger charge is 2.41. The zero-order valence-corrected chi connectivity index (χ0v) is 35.0. The van der Waals surface area contributed by atoms with Crippen molar-refractivity contribution in [2.75, 3.05) is 97.9 Å². The molecule has 1 saturated carbocycles. The zero-order valence-electron chi connectivity index (χ0n) is 35.0. The summed E-state index contributed by atoms with van der Waals surface area (Å²) in [5.41, 5.74) is 10.6. The van der Waals surface area contributed by atoms with Gasteiger partial charge in [0.1, 0.15) is 28.9 Å². The summed E-state index contributed by atoms with van der Waals surface area (Å²) in [6.45, 7) is 8.50. The Kier molecular flexibility index (Phi) is 14.5. The van der Waals surface area contributed by atoms with Gasteiger partial charge in [-0.2, -0.15) is 5.10 Å². The number of carbonyl (C=O) groups excluding carboxylic acids is 4. The normalized spacial score (nSPS) is 19.1. The van der Waals surface area contributed by atoms with Crippen molar-refractivity contribution in [3.63, 3.8) is 0 Å². The van der Waals surface area contributed by atoms with Crippen LogP contribution < -0.4 is 21.1 Å². The molecule has 5 N–H and O–H groups in total. The van der Waals surface area contributed by atoms with Gasteiger partial charge in [0.15, 0.2) is 0 Å². The second-order valence-corrected chi connectivity index (χ2v) is 15.7. The van der Waals surface area contributed by atoms with E-state index < -0.39 is 11.9 Å². The van der Waals surface area contributed by atoms with Gasteiger partial charge in [-0.15, -0.1) is 0 Å². The van der Waals surface area contributed by atoms with Crippen molar-refractivity contribution in [2.24, 2.45) is 10.7 Å². The van der Waals surface area contributed by atoms with Crippen LogP contribution in [0.25, 0.3) is 16.6 Å². The van der Waals surface area contributed by atoms with Gasteiger partial charge in [-0.1, -0.05) is 12.1 Å². The van der Waals surface area contributed by atoms with Gasteiger partial charge in [0.25, 0.3) is 5.91 Å².